The number of ether oxygens (including phenoxy) is 4. The van der Waals surface area contributed by atoms with E-state index < -0.39 is 35.6 Å². The molecule has 2 aromatic carbocycles. The van der Waals surface area contributed by atoms with Gasteiger partial charge in [0.15, 0.2) is 5.82 Å². The number of rotatable bonds is 18. The number of imidazole rings is 1. The molecule has 0 radical (unpaired) electrons. The minimum absolute atomic E-state index is 0.105. The number of hydrogen-bond acceptors (Lipinski definition) is 12. The number of hydrogen-bond donors (Lipinski definition) is 4. The molecular formula is C43H60N8O9. The Labute approximate surface area is 351 Å². The van der Waals surface area contributed by atoms with Gasteiger partial charge in [-0.3, -0.25) is 24.1 Å². The van der Waals surface area contributed by atoms with Crippen LogP contribution < -0.4 is 21.3 Å². The number of anilines is 1. The number of nitrogens with one attached hydrogen (secondary N) is 4. The number of carbonyl (C=O) groups excluding carboxylic acids is 5. The zero-order valence-corrected chi connectivity index (χ0v) is 35.9. The van der Waals surface area contributed by atoms with Crippen LogP contribution in [-0.2, 0) is 57.9 Å². The molecule has 0 spiro atoms. The summed E-state index contributed by atoms with van der Waals surface area (Å²) in [6.45, 7) is 15.5. The lowest BCUT2D eigenvalue weighted by molar-refractivity contribution is -0.130. The number of nitrogens with zero attached hydrogens (tertiary/aromatic N) is 4. The number of aromatic nitrogens is 3. The van der Waals surface area contributed by atoms with Crippen molar-refractivity contribution in [2.75, 3.05) is 38.7 Å². The van der Waals surface area contributed by atoms with Crippen LogP contribution in [-0.4, -0.2) is 113 Å². The number of benzene rings is 2. The van der Waals surface area contributed by atoms with Gasteiger partial charge in [-0.25, -0.2) is 14.8 Å². The van der Waals surface area contributed by atoms with Crippen LogP contribution in [0.5, 0.6) is 0 Å². The Morgan fingerprint density at radius 3 is 2.35 bits per heavy atom. The molecule has 1 aliphatic rings. The molecule has 3 heterocycles. The lowest BCUT2D eigenvalue weighted by atomic mass is 10.1. The highest BCUT2D eigenvalue weighted by Crippen LogP contribution is 2.31. The van der Waals surface area contributed by atoms with E-state index in [1.165, 1.54) is 4.90 Å². The van der Waals surface area contributed by atoms with Gasteiger partial charge in [0.2, 0.25) is 17.7 Å². The van der Waals surface area contributed by atoms with E-state index in [9.17, 15) is 24.0 Å². The summed E-state index contributed by atoms with van der Waals surface area (Å²) in [6, 6.07) is 15.1. The van der Waals surface area contributed by atoms with Crippen LogP contribution in [0.25, 0.3) is 21.9 Å². The summed E-state index contributed by atoms with van der Waals surface area (Å²) >= 11 is 0. The maximum absolute atomic E-state index is 13.6. The number of likely N-dealkylation sites (N-methyl/N-ethyl adjacent to an activating group) is 1. The predicted molar refractivity (Wildman–Crippen MR) is 227 cm³/mol. The Kier molecular flexibility index (Phi) is 17.8. The van der Waals surface area contributed by atoms with Gasteiger partial charge in [-0.05, 0) is 80.0 Å². The maximum Gasteiger partial charge on any atom is 0.410 e. The SMILES string of the molecule is CCOCc1nc2c(NC(=O)[C@H](C)NC(=O)C3CCCN3C(=O)OC(C)(C)C)nc3ccccc3c2n1CC(C)OCCNC(=O)C(C)NC.O=COCc1ccccc1. The topological polar surface area (TPSA) is 204 Å². The number of amides is 4. The first kappa shape index (κ1) is 47.0. The van der Waals surface area contributed by atoms with Crippen molar-refractivity contribution in [3.8, 4) is 0 Å². The van der Waals surface area contributed by atoms with Crippen LogP contribution in [0, 0.1) is 0 Å². The summed E-state index contributed by atoms with van der Waals surface area (Å²) < 4.78 is 23.9. The molecule has 1 fully saturated rings. The van der Waals surface area contributed by atoms with Gasteiger partial charge < -0.3 is 44.8 Å². The van der Waals surface area contributed by atoms with E-state index >= 15 is 0 Å². The van der Waals surface area contributed by atoms with Gasteiger partial charge in [0.05, 0.1) is 36.3 Å². The molecule has 0 saturated carbocycles. The van der Waals surface area contributed by atoms with Crippen molar-refractivity contribution in [1.82, 2.24) is 35.4 Å². The minimum atomic E-state index is -0.943. The summed E-state index contributed by atoms with van der Waals surface area (Å²) in [6.07, 6.45) is 0.305. The Morgan fingerprint density at radius 2 is 1.67 bits per heavy atom. The molecule has 4 amide bonds. The average Bonchev–Trinajstić information content (AvgIpc) is 3.87. The second kappa shape index (κ2) is 22.6. The second-order valence-corrected chi connectivity index (χ2v) is 15.4. The van der Waals surface area contributed by atoms with Crippen molar-refractivity contribution in [1.29, 1.82) is 0 Å². The zero-order valence-electron chi connectivity index (χ0n) is 35.9. The van der Waals surface area contributed by atoms with E-state index in [1.54, 1.807) is 41.7 Å². The van der Waals surface area contributed by atoms with Crippen molar-refractivity contribution >= 4 is 58.0 Å². The van der Waals surface area contributed by atoms with Crippen LogP contribution in [0.15, 0.2) is 54.6 Å². The van der Waals surface area contributed by atoms with Crippen LogP contribution >= 0.6 is 0 Å². The Bertz CT molecular complexity index is 2050. The molecule has 17 heteroatoms. The van der Waals surface area contributed by atoms with Crippen molar-refractivity contribution < 1.29 is 42.9 Å². The molecule has 60 heavy (non-hydrogen) atoms. The molecule has 4 atom stereocenters. The average molecular weight is 833 g/mol. The third-order valence-electron chi connectivity index (χ3n) is 9.51. The van der Waals surface area contributed by atoms with Gasteiger partial charge in [0.1, 0.15) is 42.2 Å². The number of pyridine rings is 1. The number of fused-ring (bicyclic) bond motifs is 3. The van der Waals surface area contributed by atoms with Gasteiger partial charge in [0, 0.05) is 25.1 Å². The molecule has 4 aromatic rings. The third-order valence-corrected chi connectivity index (χ3v) is 9.51. The molecule has 2 aromatic heterocycles. The highest BCUT2D eigenvalue weighted by Gasteiger charge is 2.37. The highest BCUT2D eigenvalue weighted by molar-refractivity contribution is 6.10. The van der Waals surface area contributed by atoms with Crippen LogP contribution in [0.1, 0.15) is 72.7 Å². The number of para-hydroxylation sites is 1. The second-order valence-electron chi connectivity index (χ2n) is 15.4. The summed E-state index contributed by atoms with van der Waals surface area (Å²) in [4.78, 5) is 72.5. The van der Waals surface area contributed by atoms with Crippen molar-refractivity contribution in [3.05, 3.63) is 66.0 Å². The molecule has 5 rings (SSSR count). The fraction of sp³-hybridized carbons (Fsp3) is 0.512. The molecule has 0 bridgehead atoms. The van der Waals surface area contributed by atoms with Gasteiger partial charge in [-0.1, -0.05) is 48.5 Å². The van der Waals surface area contributed by atoms with Crippen molar-refractivity contribution in [2.45, 2.75) is 111 Å². The van der Waals surface area contributed by atoms with E-state index in [2.05, 4.69) is 26.0 Å². The first-order valence-corrected chi connectivity index (χ1v) is 20.3. The lowest BCUT2D eigenvalue weighted by Crippen LogP contribution is -2.51. The standard InChI is InChI=1S/C35H52N8O7.C8H8O2/c1-9-48-20-27-40-28-29(43(27)19-21(2)49-18-16-37-31(44)22(3)36-8)24-13-10-11-14-25(24)39-30(28)41-32(45)23(4)38-33(46)26-15-12-17-42(26)34(47)50-35(5,6)7;9-7-10-6-8-4-2-1-3-5-8/h10-11,13-14,21-23,26,36H,9,12,15-20H2,1-8H3,(H,37,44)(H,38,46)(H,39,41,45);1-5,7H,6H2/t21?,22?,23-,26?;/m0./s1. The zero-order chi connectivity index (χ0) is 43.8. The van der Waals surface area contributed by atoms with Gasteiger partial charge in [-0.2, -0.15) is 0 Å². The van der Waals surface area contributed by atoms with E-state index in [0.717, 1.165) is 16.5 Å². The van der Waals surface area contributed by atoms with Gasteiger partial charge in [0.25, 0.3) is 6.47 Å². The smallest absolute Gasteiger partial charge is 0.410 e. The number of likely N-dealkylation sites (tertiary alicyclic amines) is 1. The Balaban J connectivity index is 0.000000693. The fourth-order valence-corrected chi connectivity index (χ4v) is 6.38. The normalized spacial score (nSPS) is 15.3. The van der Waals surface area contributed by atoms with Crippen LogP contribution in [0.3, 0.4) is 0 Å². The monoisotopic (exact) mass is 832 g/mol. The Morgan fingerprint density at radius 1 is 0.950 bits per heavy atom. The van der Waals surface area contributed by atoms with E-state index in [-0.39, 0.29) is 30.5 Å². The molecule has 0 aliphatic carbocycles. The fourth-order valence-electron chi connectivity index (χ4n) is 6.38. The first-order valence-electron chi connectivity index (χ1n) is 20.3. The lowest BCUT2D eigenvalue weighted by Gasteiger charge is -2.28. The van der Waals surface area contributed by atoms with Gasteiger partial charge >= 0.3 is 6.09 Å². The minimum Gasteiger partial charge on any atom is -0.463 e. The summed E-state index contributed by atoms with van der Waals surface area (Å²) in [7, 11) is 1.73. The maximum atomic E-state index is 13.6. The molecule has 17 nitrogen and oxygen atoms in total. The van der Waals surface area contributed by atoms with E-state index in [0.29, 0.717) is 75.6 Å². The summed E-state index contributed by atoms with van der Waals surface area (Å²) in [5.74, 6) is -0.149. The van der Waals surface area contributed by atoms with E-state index in [4.69, 9.17) is 24.2 Å². The molecule has 1 aliphatic heterocycles. The summed E-state index contributed by atoms with van der Waals surface area (Å²) in [5.41, 5.74) is 2.18. The summed E-state index contributed by atoms with van der Waals surface area (Å²) in [5, 5.41) is 12.3. The number of carbonyl (C=O) groups is 5. The quantitative estimate of drug-likeness (QED) is 0.0812. The largest absolute Gasteiger partial charge is 0.463 e. The van der Waals surface area contributed by atoms with Gasteiger partial charge in [-0.15, -0.1) is 0 Å². The molecule has 1 saturated heterocycles. The Hall–Kier alpha value is -5.65. The third kappa shape index (κ3) is 13.4. The van der Waals surface area contributed by atoms with Crippen molar-refractivity contribution in [2.24, 2.45) is 0 Å². The molecule has 4 N–H and O–H groups in total. The molecule has 326 valence electrons. The van der Waals surface area contributed by atoms with E-state index in [1.807, 2.05) is 73.0 Å². The highest BCUT2D eigenvalue weighted by atomic mass is 16.6. The molecular weight excluding hydrogens is 773 g/mol. The molecule has 3 unspecified atom stereocenters. The predicted octanol–water partition coefficient (Wildman–Crippen LogP) is 4.45. The van der Waals surface area contributed by atoms with Crippen molar-refractivity contribution in [3.63, 3.8) is 0 Å². The first-order chi connectivity index (χ1) is 28.7. The van der Waals surface area contributed by atoms with Crippen LogP contribution in [0.2, 0.25) is 0 Å². The van der Waals surface area contributed by atoms with Crippen LogP contribution in [0.4, 0.5) is 10.6 Å².